The first-order valence-electron chi connectivity index (χ1n) is 8.12. The summed E-state index contributed by atoms with van der Waals surface area (Å²) in [5, 5.41) is 3.43. The number of hydrogen-bond acceptors (Lipinski definition) is 4. The summed E-state index contributed by atoms with van der Waals surface area (Å²) in [6.45, 7) is 0. The number of benzene rings is 2. The summed E-state index contributed by atoms with van der Waals surface area (Å²) in [6.07, 6.45) is 1.32. The molecule has 6 heteroatoms. The number of pyridine rings is 1. The summed E-state index contributed by atoms with van der Waals surface area (Å²) >= 11 is 3.48. The van der Waals surface area contributed by atoms with Crippen molar-refractivity contribution in [2.24, 2.45) is 0 Å². The van der Waals surface area contributed by atoms with Crippen molar-refractivity contribution in [3.05, 3.63) is 82.6 Å². The number of nitrogens with zero attached hydrogens (tertiary/aromatic N) is 2. The van der Waals surface area contributed by atoms with Crippen LogP contribution < -0.4 is 15.0 Å². The number of nitrogens with one attached hydrogen (secondary N) is 1. The van der Waals surface area contributed by atoms with Crippen molar-refractivity contribution < 1.29 is 9.53 Å². The Morgan fingerprint density at radius 2 is 1.92 bits per heavy atom. The molecule has 0 fully saturated rings. The predicted molar refractivity (Wildman–Crippen MR) is 105 cm³/mol. The smallest absolute Gasteiger partial charge is 0.262 e. The normalized spacial score (nSPS) is 15.7. The molecular formula is C20H16BrN3O2. The van der Waals surface area contributed by atoms with Gasteiger partial charge in [-0.1, -0.05) is 22.0 Å². The van der Waals surface area contributed by atoms with Crippen molar-refractivity contribution in [2.75, 3.05) is 17.3 Å². The molecule has 5 nitrogen and oxygen atoms in total. The van der Waals surface area contributed by atoms with Gasteiger partial charge in [0.1, 0.15) is 5.75 Å². The minimum atomic E-state index is -0.388. The number of fused-ring (bicyclic) bond motifs is 1. The predicted octanol–water partition coefficient (Wildman–Crippen LogP) is 4.62. The van der Waals surface area contributed by atoms with Crippen LogP contribution >= 0.6 is 15.9 Å². The van der Waals surface area contributed by atoms with E-state index in [2.05, 4.69) is 26.2 Å². The number of ether oxygens (including phenoxy) is 1. The molecule has 0 radical (unpaired) electrons. The second kappa shape index (κ2) is 6.80. The number of methoxy groups -OCH3 is 1. The summed E-state index contributed by atoms with van der Waals surface area (Å²) < 4.78 is 6.18. The maximum atomic E-state index is 13.0. The van der Waals surface area contributed by atoms with Crippen LogP contribution in [-0.2, 0) is 0 Å². The summed E-state index contributed by atoms with van der Waals surface area (Å²) in [7, 11) is 1.62. The quantitative estimate of drug-likeness (QED) is 0.682. The molecule has 0 bridgehead atoms. The van der Waals surface area contributed by atoms with Gasteiger partial charge in [0.15, 0.2) is 6.17 Å². The Hall–Kier alpha value is -2.86. The lowest BCUT2D eigenvalue weighted by Crippen LogP contribution is -2.32. The number of carbonyl (C=O) groups is 1. The molecule has 0 unspecified atom stereocenters. The van der Waals surface area contributed by atoms with Crippen molar-refractivity contribution in [3.63, 3.8) is 0 Å². The number of halogens is 1. The van der Waals surface area contributed by atoms with E-state index in [1.165, 1.54) is 0 Å². The van der Waals surface area contributed by atoms with Crippen molar-refractivity contribution in [1.82, 2.24) is 4.98 Å². The fourth-order valence-electron chi connectivity index (χ4n) is 3.06. The van der Waals surface area contributed by atoms with Gasteiger partial charge in [-0.3, -0.25) is 14.7 Å². The van der Waals surface area contributed by atoms with Gasteiger partial charge in [0.2, 0.25) is 0 Å². The number of carbonyl (C=O) groups excluding carboxylic acids is 1. The van der Waals surface area contributed by atoms with Crippen molar-refractivity contribution in [2.45, 2.75) is 6.17 Å². The molecule has 1 aromatic heterocycles. The molecule has 1 atom stereocenters. The first-order valence-corrected chi connectivity index (χ1v) is 8.91. The van der Waals surface area contributed by atoms with E-state index >= 15 is 0 Å². The van der Waals surface area contributed by atoms with Gasteiger partial charge in [-0.05, 0) is 54.6 Å². The fraction of sp³-hybridized carbons (Fsp3) is 0.100. The summed E-state index contributed by atoms with van der Waals surface area (Å²) in [6, 6.07) is 18.9. The first-order chi connectivity index (χ1) is 12.7. The number of amides is 1. The van der Waals surface area contributed by atoms with Crippen LogP contribution in [0.1, 0.15) is 22.2 Å². The van der Waals surface area contributed by atoms with E-state index in [-0.39, 0.29) is 12.1 Å². The number of rotatable bonds is 4. The van der Waals surface area contributed by atoms with Crippen LogP contribution in [0, 0.1) is 0 Å². The molecule has 1 amide bonds. The van der Waals surface area contributed by atoms with Gasteiger partial charge >= 0.3 is 0 Å². The van der Waals surface area contributed by atoms with Crippen LogP contribution in [0.5, 0.6) is 5.75 Å². The van der Waals surface area contributed by atoms with E-state index in [0.29, 0.717) is 11.3 Å². The highest BCUT2D eigenvalue weighted by Gasteiger charge is 2.38. The number of aromatic nitrogens is 1. The highest BCUT2D eigenvalue weighted by Crippen LogP contribution is 2.37. The van der Waals surface area contributed by atoms with Gasteiger partial charge < -0.3 is 10.1 Å². The van der Waals surface area contributed by atoms with Gasteiger partial charge in [-0.2, -0.15) is 0 Å². The van der Waals surface area contributed by atoms with E-state index in [4.69, 9.17) is 4.74 Å². The van der Waals surface area contributed by atoms with E-state index in [0.717, 1.165) is 21.6 Å². The molecule has 0 saturated carbocycles. The van der Waals surface area contributed by atoms with Gasteiger partial charge in [0.05, 0.1) is 18.4 Å². The minimum Gasteiger partial charge on any atom is -0.497 e. The van der Waals surface area contributed by atoms with Gasteiger partial charge in [0.25, 0.3) is 5.91 Å². The molecule has 0 aliphatic carbocycles. The van der Waals surface area contributed by atoms with Crippen LogP contribution in [0.15, 0.2) is 71.3 Å². The second-order valence-electron chi connectivity index (χ2n) is 5.87. The second-order valence-corrected chi connectivity index (χ2v) is 6.78. The van der Waals surface area contributed by atoms with Gasteiger partial charge in [0, 0.05) is 22.0 Å². The van der Waals surface area contributed by atoms with E-state index < -0.39 is 0 Å². The zero-order valence-corrected chi connectivity index (χ0v) is 15.6. The third-order valence-corrected chi connectivity index (χ3v) is 4.78. The van der Waals surface area contributed by atoms with Crippen LogP contribution in [0.4, 0.5) is 11.4 Å². The Bertz CT molecular complexity index is 959. The average Bonchev–Trinajstić information content (AvgIpc) is 2.94. The minimum absolute atomic E-state index is 0.0780. The van der Waals surface area contributed by atoms with E-state index in [1.54, 1.807) is 24.3 Å². The molecule has 4 rings (SSSR count). The maximum Gasteiger partial charge on any atom is 0.262 e. The Morgan fingerprint density at radius 1 is 1.12 bits per heavy atom. The van der Waals surface area contributed by atoms with E-state index in [9.17, 15) is 4.79 Å². The Balaban J connectivity index is 1.76. The lowest BCUT2D eigenvalue weighted by molar-refractivity contribution is 0.0993. The van der Waals surface area contributed by atoms with Crippen LogP contribution in [0.25, 0.3) is 0 Å². The molecule has 1 aliphatic heterocycles. The summed E-state index contributed by atoms with van der Waals surface area (Å²) in [4.78, 5) is 19.2. The van der Waals surface area contributed by atoms with Crippen LogP contribution in [0.2, 0.25) is 0 Å². The highest BCUT2D eigenvalue weighted by molar-refractivity contribution is 9.10. The third-order valence-electron chi connectivity index (χ3n) is 4.28. The molecular weight excluding hydrogens is 394 g/mol. The van der Waals surface area contributed by atoms with E-state index in [1.807, 2.05) is 54.6 Å². The molecule has 2 heterocycles. The third kappa shape index (κ3) is 2.93. The van der Waals surface area contributed by atoms with Crippen molar-refractivity contribution >= 4 is 33.2 Å². The largest absolute Gasteiger partial charge is 0.497 e. The molecule has 130 valence electrons. The Morgan fingerprint density at radius 3 is 2.65 bits per heavy atom. The zero-order valence-electron chi connectivity index (χ0n) is 14.0. The molecule has 2 aromatic carbocycles. The highest BCUT2D eigenvalue weighted by atomic mass is 79.9. The van der Waals surface area contributed by atoms with Crippen molar-refractivity contribution in [3.8, 4) is 5.75 Å². The Labute approximate surface area is 159 Å². The lowest BCUT2D eigenvalue weighted by atomic mass is 10.2. The molecule has 1 aliphatic rings. The molecule has 0 saturated heterocycles. The SMILES string of the molecule is COc1ccc(N2C(=O)c3cccnc3[C@@H]2Nc2cccc(Br)c2)cc1. The maximum absolute atomic E-state index is 13.0. The van der Waals surface area contributed by atoms with Crippen molar-refractivity contribution in [1.29, 1.82) is 0 Å². The topological polar surface area (TPSA) is 54.5 Å². The molecule has 3 aromatic rings. The monoisotopic (exact) mass is 409 g/mol. The van der Waals surface area contributed by atoms with Gasteiger partial charge in [-0.25, -0.2) is 0 Å². The molecule has 0 spiro atoms. The van der Waals surface area contributed by atoms with Crippen LogP contribution in [0.3, 0.4) is 0 Å². The zero-order chi connectivity index (χ0) is 18.1. The van der Waals surface area contributed by atoms with Crippen LogP contribution in [-0.4, -0.2) is 18.0 Å². The van der Waals surface area contributed by atoms with Gasteiger partial charge in [-0.15, -0.1) is 0 Å². The summed E-state index contributed by atoms with van der Waals surface area (Å²) in [5.74, 6) is 0.665. The first kappa shape index (κ1) is 16.6. The fourth-order valence-corrected chi connectivity index (χ4v) is 3.46. The number of hydrogen-bond donors (Lipinski definition) is 1. The standard InChI is InChI=1S/C20H16BrN3O2/c1-26-16-9-7-15(8-10-16)24-19(23-14-5-2-4-13(21)12-14)18-17(20(24)25)6-3-11-22-18/h2-12,19,23H,1H3/t19-/m1/s1. The average molecular weight is 410 g/mol. The Kier molecular flexibility index (Phi) is 4.34. The molecule has 26 heavy (non-hydrogen) atoms. The number of anilines is 2. The summed E-state index contributed by atoms with van der Waals surface area (Å²) in [5.41, 5.74) is 3.00. The lowest BCUT2D eigenvalue weighted by Gasteiger charge is -2.26. The molecule has 1 N–H and O–H groups in total.